The lowest BCUT2D eigenvalue weighted by molar-refractivity contribution is -0.130. The smallest absolute Gasteiger partial charge is 0.261 e. The van der Waals surface area contributed by atoms with Crippen molar-refractivity contribution < 1.29 is 14.6 Å². The van der Waals surface area contributed by atoms with E-state index in [1.54, 1.807) is 19.1 Å². The van der Waals surface area contributed by atoms with Gasteiger partial charge in [0.2, 0.25) is 0 Å². The van der Waals surface area contributed by atoms with E-state index < -0.39 is 11.6 Å². The van der Waals surface area contributed by atoms with Crippen LogP contribution in [0.1, 0.15) is 33.6 Å². The second-order valence-corrected chi connectivity index (χ2v) is 5.76. The quantitative estimate of drug-likeness (QED) is 0.800. The van der Waals surface area contributed by atoms with Gasteiger partial charge < -0.3 is 15.2 Å². The maximum Gasteiger partial charge on any atom is 0.261 e. The molecule has 0 spiro atoms. The number of carbonyl (C=O) groups excluding carboxylic acids is 1. The van der Waals surface area contributed by atoms with E-state index in [1.807, 2.05) is 26.0 Å². The molecular weight excluding hydrogens is 322 g/mol. The van der Waals surface area contributed by atoms with Crippen molar-refractivity contribution in [1.29, 1.82) is 0 Å². The molecule has 1 rings (SSSR count). The Balaban J connectivity index is 2.65. The number of aliphatic hydroxyl groups is 1. The van der Waals surface area contributed by atoms with Gasteiger partial charge in [0.1, 0.15) is 5.75 Å². The van der Waals surface area contributed by atoms with Gasteiger partial charge in [-0.1, -0.05) is 29.8 Å². The molecule has 0 aliphatic carbocycles. The molecule has 0 saturated heterocycles. The van der Waals surface area contributed by atoms with Crippen LogP contribution in [0, 0.1) is 0 Å². The van der Waals surface area contributed by atoms with Crippen LogP contribution >= 0.6 is 15.9 Å². The molecule has 1 unspecified atom stereocenters. The van der Waals surface area contributed by atoms with Gasteiger partial charge in [-0.25, -0.2) is 0 Å². The highest BCUT2D eigenvalue weighted by Gasteiger charge is 2.29. The molecule has 1 amide bonds. The van der Waals surface area contributed by atoms with Crippen molar-refractivity contribution in [2.45, 2.75) is 45.3 Å². The van der Waals surface area contributed by atoms with Gasteiger partial charge >= 0.3 is 0 Å². The number of hydrogen-bond donors (Lipinski definition) is 2. The first-order chi connectivity index (χ1) is 9.46. The normalized spacial score (nSPS) is 12.8. The number of carbonyl (C=O) groups is 1. The molecule has 1 aromatic carbocycles. The predicted molar refractivity (Wildman–Crippen MR) is 82.8 cm³/mol. The van der Waals surface area contributed by atoms with E-state index in [-0.39, 0.29) is 12.5 Å². The summed E-state index contributed by atoms with van der Waals surface area (Å²) in [6.45, 7) is 5.52. The third-order valence-electron chi connectivity index (χ3n) is 3.54. The SMILES string of the molecule is CCC(CC)(CO)NC(=O)C(C)Oc1ccc(Br)cc1. The Bertz CT molecular complexity index is 421. The second kappa shape index (κ2) is 7.64. The van der Waals surface area contributed by atoms with Crippen LogP contribution in [0.5, 0.6) is 5.75 Å². The third kappa shape index (κ3) is 4.49. The van der Waals surface area contributed by atoms with Crippen molar-refractivity contribution in [2.75, 3.05) is 6.61 Å². The van der Waals surface area contributed by atoms with Crippen molar-refractivity contribution in [1.82, 2.24) is 5.32 Å². The number of aliphatic hydroxyl groups excluding tert-OH is 1. The highest BCUT2D eigenvalue weighted by Crippen LogP contribution is 2.18. The lowest BCUT2D eigenvalue weighted by Gasteiger charge is -2.32. The molecule has 0 bridgehead atoms. The molecular formula is C15H22BrNO3. The zero-order chi connectivity index (χ0) is 15.2. The van der Waals surface area contributed by atoms with Gasteiger partial charge in [-0.15, -0.1) is 0 Å². The van der Waals surface area contributed by atoms with E-state index in [2.05, 4.69) is 21.2 Å². The Hall–Kier alpha value is -1.07. The summed E-state index contributed by atoms with van der Waals surface area (Å²) >= 11 is 3.35. The fourth-order valence-electron chi connectivity index (χ4n) is 1.82. The lowest BCUT2D eigenvalue weighted by Crippen LogP contribution is -2.53. The Labute approximate surface area is 128 Å². The van der Waals surface area contributed by atoms with Crippen molar-refractivity contribution in [3.05, 3.63) is 28.7 Å². The second-order valence-electron chi connectivity index (χ2n) is 4.85. The minimum Gasteiger partial charge on any atom is -0.481 e. The van der Waals surface area contributed by atoms with E-state index in [0.29, 0.717) is 18.6 Å². The van der Waals surface area contributed by atoms with Gasteiger partial charge in [0.15, 0.2) is 6.10 Å². The van der Waals surface area contributed by atoms with Crippen LogP contribution in [0.3, 0.4) is 0 Å². The van der Waals surface area contributed by atoms with Crippen molar-refractivity contribution in [3.63, 3.8) is 0 Å². The molecule has 20 heavy (non-hydrogen) atoms. The zero-order valence-electron chi connectivity index (χ0n) is 12.1. The molecule has 0 heterocycles. The monoisotopic (exact) mass is 343 g/mol. The van der Waals surface area contributed by atoms with Gasteiger partial charge in [0, 0.05) is 4.47 Å². The first kappa shape index (κ1) is 17.0. The summed E-state index contributed by atoms with van der Waals surface area (Å²) in [7, 11) is 0. The van der Waals surface area contributed by atoms with Crippen LogP contribution in [-0.4, -0.2) is 29.3 Å². The topological polar surface area (TPSA) is 58.6 Å². The molecule has 0 aliphatic rings. The molecule has 2 N–H and O–H groups in total. The Morgan fingerprint density at radius 2 is 1.90 bits per heavy atom. The van der Waals surface area contributed by atoms with Gasteiger partial charge in [-0.2, -0.15) is 0 Å². The number of amides is 1. The summed E-state index contributed by atoms with van der Waals surface area (Å²) in [6.07, 6.45) is 0.744. The zero-order valence-corrected chi connectivity index (χ0v) is 13.7. The summed E-state index contributed by atoms with van der Waals surface area (Å²) in [5, 5.41) is 12.4. The van der Waals surface area contributed by atoms with E-state index in [4.69, 9.17) is 4.74 Å². The van der Waals surface area contributed by atoms with Gasteiger partial charge in [0.25, 0.3) is 5.91 Å². The molecule has 1 aromatic rings. The van der Waals surface area contributed by atoms with E-state index >= 15 is 0 Å². The van der Waals surface area contributed by atoms with Gasteiger partial charge in [0.05, 0.1) is 12.1 Å². The number of ether oxygens (including phenoxy) is 1. The molecule has 1 atom stereocenters. The summed E-state index contributed by atoms with van der Waals surface area (Å²) in [6, 6.07) is 7.31. The number of rotatable bonds is 7. The van der Waals surface area contributed by atoms with E-state index in [0.717, 1.165) is 4.47 Å². The number of benzene rings is 1. The summed E-state index contributed by atoms with van der Waals surface area (Å²) < 4.78 is 6.55. The molecule has 0 radical (unpaired) electrons. The van der Waals surface area contributed by atoms with Crippen LogP contribution in [0.15, 0.2) is 28.7 Å². The van der Waals surface area contributed by atoms with Gasteiger partial charge in [-0.3, -0.25) is 4.79 Å². The largest absolute Gasteiger partial charge is 0.481 e. The first-order valence-electron chi connectivity index (χ1n) is 6.81. The van der Waals surface area contributed by atoms with Crippen LogP contribution in [0.2, 0.25) is 0 Å². The molecule has 5 heteroatoms. The average molecular weight is 344 g/mol. The minimum absolute atomic E-state index is 0.0727. The van der Waals surface area contributed by atoms with Crippen molar-refractivity contribution in [2.24, 2.45) is 0 Å². The fourth-order valence-corrected chi connectivity index (χ4v) is 2.09. The highest BCUT2D eigenvalue weighted by molar-refractivity contribution is 9.10. The molecule has 0 aromatic heterocycles. The highest BCUT2D eigenvalue weighted by atomic mass is 79.9. The Kier molecular flexibility index (Phi) is 6.49. The van der Waals surface area contributed by atoms with E-state index in [9.17, 15) is 9.90 Å². The van der Waals surface area contributed by atoms with Crippen LogP contribution in [0.25, 0.3) is 0 Å². The number of nitrogens with one attached hydrogen (secondary N) is 1. The van der Waals surface area contributed by atoms with Gasteiger partial charge in [-0.05, 0) is 44.0 Å². The fraction of sp³-hybridized carbons (Fsp3) is 0.533. The molecule has 112 valence electrons. The molecule has 0 saturated carbocycles. The standard InChI is InChI=1S/C15H22BrNO3/c1-4-15(5-2,10-18)17-14(19)11(3)20-13-8-6-12(16)7-9-13/h6-9,11,18H,4-5,10H2,1-3H3,(H,17,19). The molecule has 0 fully saturated rings. The average Bonchev–Trinajstić information content (AvgIpc) is 2.47. The summed E-state index contributed by atoms with van der Waals surface area (Å²) in [5.41, 5.74) is -0.561. The van der Waals surface area contributed by atoms with E-state index in [1.165, 1.54) is 0 Å². The minimum atomic E-state index is -0.611. The van der Waals surface area contributed by atoms with Crippen molar-refractivity contribution in [3.8, 4) is 5.75 Å². The Morgan fingerprint density at radius 3 is 2.35 bits per heavy atom. The number of hydrogen-bond acceptors (Lipinski definition) is 3. The summed E-state index contributed by atoms with van der Waals surface area (Å²) in [4.78, 5) is 12.2. The lowest BCUT2D eigenvalue weighted by atomic mass is 9.93. The third-order valence-corrected chi connectivity index (χ3v) is 4.07. The first-order valence-corrected chi connectivity index (χ1v) is 7.60. The van der Waals surface area contributed by atoms with Crippen LogP contribution in [0.4, 0.5) is 0 Å². The maximum absolute atomic E-state index is 12.2. The van der Waals surface area contributed by atoms with Crippen LogP contribution < -0.4 is 10.1 Å². The Morgan fingerprint density at radius 1 is 1.35 bits per heavy atom. The number of halogens is 1. The molecule has 0 aliphatic heterocycles. The molecule has 4 nitrogen and oxygen atoms in total. The summed E-state index contributed by atoms with van der Waals surface area (Å²) in [5.74, 6) is 0.420. The van der Waals surface area contributed by atoms with Crippen molar-refractivity contribution >= 4 is 21.8 Å². The van der Waals surface area contributed by atoms with Crippen LogP contribution in [-0.2, 0) is 4.79 Å². The maximum atomic E-state index is 12.2. The predicted octanol–water partition coefficient (Wildman–Crippen LogP) is 2.88.